The molecule has 24 heavy (non-hydrogen) atoms. The molecule has 1 heterocycles. The van der Waals surface area contributed by atoms with Crippen LogP contribution in [0.1, 0.15) is 24.8 Å². The maximum Gasteiger partial charge on any atom is 0.438 e. The topological polar surface area (TPSA) is 52.6 Å². The van der Waals surface area contributed by atoms with Crippen molar-refractivity contribution in [2.24, 2.45) is 0 Å². The number of aliphatic hydroxyl groups is 1. The molecule has 1 aliphatic carbocycles. The lowest BCUT2D eigenvalue weighted by Gasteiger charge is -2.33. The van der Waals surface area contributed by atoms with Crippen molar-refractivity contribution in [2.75, 3.05) is 0 Å². The molecular formula is C15H13Cl2F3N2O2. The van der Waals surface area contributed by atoms with Crippen molar-refractivity contribution in [3.05, 3.63) is 45.1 Å². The summed E-state index contributed by atoms with van der Waals surface area (Å²) in [7, 11) is 0. The van der Waals surface area contributed by atoms with Gasteiger partial charge < -0.3 is 5.11 Å². The van der Waals surface area contributed by atoms with E-state index in [0.717, 1.165) is 5.57 Å². The predicted molar refractivity (Wildman–Crippen MR) is 82.0 cm³/mol. The Morgan fingerprint density at radius 2 is 1.96 bits per heavy atom. The summed E-state index contributed by atoms with van der Waals surface area (Å²) in [6.45, 7) is 0. The summed E-state index contributed by atoms with van der Waals surface area (Å²) in [5.41, 5.74) is 0.624. The lowest BCUT2D eigenvalue weighted by atomic mass is 10.1. The number of hydrogen-bond acceptors (Lipinski definition) is 3. The van der Waals surface area contributed by atoms with Crippen molar-refractivity contribution in [2.45, 2.75) is 37.6 Å². The molecule has 130 valence electrons. The number of halogens is 5. The molecule has 1 saturated heterocycles. The monoisotopic (exact) mass is 380 g/mol. The number of hydrogen-bond donors (Lipinski definition) is 2. The number of carbonyl (C=O) groups excluding carboxylic acids is 1. The van der Waals surface area contributed by atoms with Crippen LogP contribution in [0, 0.1) is 0 Å². The predicted octanol–water partition coefficient (Wildman–Crippen LogP) is 3.57. The fourth-order valence-electron chi connectivity index (χ4n) is 2.56. The van der Waals surface area contributed by atoms with Gasteiger partial charge in [-0.05, 0) is 36.1 Å². The largest absolute Gasteiger partial charge is 0.438 e. The smallest absolute Gasteiger partial charge is 0.362 e. The zero-order valence-corrected chi connectivity index (χ0v) is 13.8. The molecule has 4 nitrogen and oxygen atoms in total. The maximum absolute atomic E-state index is 13.3. The van der Waals surface area contributed by atoms with Crippen LogP contribution in [-0.4, -0.2) is 27.9 Å². The van der Waals surface area contributed by atoms with Gasteiger partial charge >= 0.3 is 6.18 Å². The molecular weight excluding hydrogens is 368 g/mol. The highest BCUT2D eigenvalue weighted by Crippen LogP contribution is 2.45. The molecule has 2 fully saturated rings. The Morgan fingerprint density at radius 1 is 1.29 bits per heavy atom. The summed E-state index contributed by atoms with van der Waals surface area (Å²) < 4.78 is 40.0. The molecule has 1 unspecified atom stereocenters. The second kappa shape index (κ2) is 5.82. The van der Waals surface area contributed by atoms with Crippen LogP contribution < -0.4 is 5.43 Å². The maximum atomic E-state index is 13.3. The quantitative estimate of drug-likeness (QED) is 0.824. The molecule has 1 aromatic rings. The second-order valence-electron chi connectivity index (χ2n) is 5.84. The van der Waals surface area contributed by atoms with Crippen LogP contribution in [0.4, 0.5) is 13.2 Å². The fourth-order valence-corrected chi connectivity index (χ4v) is 2.88. The van der Waals surface area contributed by atoms with E-state index in [1.165, 1.54) is 18.2 Å². The molecule has 0 aromatic heterocycles. The first-order valence-electron chi connectivity index (χ1n) is 7.15. The van der Waals surface area contributed by atoms with Gasteiger partial charge in [0.2, 0.25) is 5.91 Å². The summed E-state index contributed by atoms with van der Waals surface area (Å²) in [5.74, 6) is -0.913. The Bertz CT molecular complexity index is 730. The Labute approximate surface area is 145 Å². The third kappa shape index (κ3) is 3.08. The van der Waals surface area contributed by atoms with E-state index in [-0.39, 0.29) is 27.2 Å². The summed E-state index contributed by atoms with van der Waals surface area (Å²) in [6.07, 6.45) is -4.68. The average molecular weight is 381 g/mol. The van der Waals surface area contributed by atoms with Crippen molar-refractivity contribution in [1.29, 1.82) is 0 Å². The first kappa shape index (κ1) is 17.4. The van der Waals surface area contributed by atoms with Gasteiger partial charge in [-0.1, -0.05) is 29.3 Å². The van der Waals surface area contributed by atoms with Crippen molar-refractivity contribution in [1.82, 2.24) is 10.4 Å². The highest BCUT2D eigenvalue weighted by Gasteiger charge is 2.63. The number of nitrogens with zero attached hydrogens (tertiary/aromatic N) is 1. The fraction of sp³-hybridized carbons (Fsp3) is 0.400. The highest BCUT2D eigenvalue weighted by molar-refractivity contribution is 6.42. The molecule has 9 heteroatoms. The molecule has 0 spiro atoms. The molecule has 1 atom stereocenters. The van der Waals surface area contributed by atoms with E-state index in [2.05, 4.69) is 5.43 Å². The SMILES string of the molecule is O=C(Cc1ccc(Cl)c(Cl)c1)N1NC(=C2CC2)CC1(O)C(F)(F)F. The van der Waals surface area contributed by atoms with Crippen LogP contribution in [-0.2, 0) is 11.2 Å². The van der Waals surface area contributed by atoms with Gasteiger partial charge in [-0.25, -0.2) is 5.01 Å². The van der Waals surface area contributed by atoms with Crippen molar-refractivity contribution < 1.29 is 23.1 Å². The normalized spacial score (nSPS) is 23.5. The lowest BCUT2D eigenvalue weighted by Crippen LogP contribution is -2.60. The summed E-state index contributed by atoms with van der Waals surface area (Å²) in [5, 5.41) is 10.9. The van der Waals surface area contributed by atoms with E-state index in [0.29, 0.717) is 18.4 Å². The van der Waals surface area contributed by atoms with Crippen LogP contribution >= 0.6 is 23.2 Å². The summed E-state index contributed by atoms with van der Waals surface area (Å²) in [4.78, 5) is 12.4. The Morgan fingerprint density at radius 3 is 2.50 bits per heavy atom. The Hall–Kier alpha value is -1.44. The van der Waals surface area contributed by atoms with Crippen molar-refractivity contribution in [3.63, 3.8) is 0 Å². The molecule has 1 saturated carbocycles. The summed E-state index contributed by atoms with van der Waals surface area (Å²) >= 11 is 11.6. The number of rotatable bonds is 2. The molecule has 0 bridgehead atoms. The van der Waals surface area contributed by atoms with Gasteiger partial charge in [0, 0.05) is 12.1 Å². The standard InChI is InChI=1S/C15H13Cl2F3N2O2/c16-10-4-1-8(5-11(10)17)6-13(23)22-14(24,15(18,19)20)7-12(21-22)9-2-3-9/h1,4-5,21,24H,2-3,6-7H2. The summed E-state index contributed by atoms with van der Waals surface area (Å²) in [6, 6.07) is 4.36. The van der Waals surface area contributed by atoms with Crippen LogP contribution in [0.2, 0.25) is 10.0 Å². The molecule has 0 radical (unpaired) electrons. The Balaban J connectivity index is 1.86. The molecule has 1 amide bonds. The number of amides is 1. The van der Waals surface area contributed by atoms with Crippen LogP contribution in [0.25, 0.3) is 0 Å². The number of nitrogens with one attached hydrogen (secondary N) is 1. The zero-order chi connectivity index (χ0) is 17.7. The molecule has 2 N–H and O–H groups in total. The molecule has 1 aromatic carbocycles. The number of hydrazine groups is 1. The van der Waals surface area contributed by atoms with Crippen LogP contribution in [0.3, 0.4) is 0 Å². The van der Waals surface area contributed by atoms with E-state index < -0.39 is 24.2 Å². The lowest BCUT2D eigenvalue weighted by molar-refractivity contribution is -0.304. The van der Waals surface area contributed by atoms with E-state index in [1.54, 1.807) is 0 Å². The highest BCUT2D eigenvalue weighted by atomic mass is 35.5. The van der Waals surface area contributed by atoms with E-state index >= 15 is 0 Å². The number of allylic oxidation sites excluding steroid dienone is 1. The van der Waals surface area contributed by atoms with Gasteiger partial charge in [-0.3, -0.25) is 10.2 Å². The van der Waals surface area contributed by atoms with Crippen LogP contribution in [0.15, 0.2) is 29.5 Å². The third-order valence-corrected chi connectivity index (χ3v) is 4.75. The van der Waals surface area contributed by atoms with E-state index in [4.69, 9.17) is 23.2 Å². The number of carbonyl (C=O) groups is 1. The van der Waals surface area contributed by atoms with Gasteiger partial charge in [-0.2, -0.15) is 13.2 Å². The molecule has 2 aliphatic rings. The first-order chi connectivity index (χ1) is 11.1. The van der Waals surface area contributed by atoms with E-state index in [1.807, 2.05) is 0 Å². The first-order valence-corrected chi connectivity index (χ1v) is 7.91. The van der Waals surface area contributed by atoms with Crippen LogP contribution in [0.5, 0.6) is 0 Å². The van der Waals surface area contributed by atoms with Gasteiger partial charge in [0.1, 0.15) is 0 Å². The minimum absolute atomic E-state index is 0.197. The zero-order valence-electron chi connectivity index (χ0n) is 12.3. The van der Waals surface area contributed by atoms with Gasteiger partial charge in [0.05, 0.1) is 16.5 Å². The van der Waals surface area contributed by atoms with Gasteiger partial charge in [0.15, 0.2) is 0 Å². The van der Waals surface area contributed by atoms with Crippen molar-refractivity contribution >= 4 is 29.1 Å². The van der Waals surface area contributed by atoms with Gasteiger partial charge in [-0.15, -0.1) is 0 Å². The van der Waals surface area contributed by atoms with Gasteiger partial charge in [0.25, 0.3) is 5.72 Å². The minimum Gasteiger partial charge on any atom is -0.362 e. The van der Waals surface area contributed by atoms with E-state index in [9.17, 15) is 23.1 Å². The Kier molecular flexibility index (Phi) is 4.22. The minimum atomic E-state index is -4.98. The number of benzene rings is 1. The molecule has 3 rings (SSSR count). The third-order valence-electron chi connectivity index (χ3n) is 4.01. The number of alkyl halides is 3. The second-order valence-corrected chi connectivity index (χ2v) is 6.65. The average Bonchev–Trinajstić information content (AvgIpc) is 3.25. The van der Waals surface area contributed by atoms with Crippen molar-refractivity contribution in [3.8, 4) is 0 Å². The molecule has 1 aliphatic heterocycles.